The van der Waals surface area contributed by atoms with Gasteiger partial charge in [-0.1, -0.05) is 59.2 Å². The smallest absolute Gasteiger partial charge is 0.270 e. The number of carbonyl (C=O) groups is 1. The standard InChI is InChI=1S/C28H18Cl2N6O2S/c29-23-10-7-19(14-24(23)30)26(37)33-20-4-1-3-17(13-20)16-39-28-34-25(22(15-31)27(38)35-28)18-5-8-21(9-6-18)36-12-2-11-32-36/h1-14H,16H2,(H,33,37)(H,34,35,38). The van der Waals surface area contributed by atoms with E-state index >= 15 is 0 Å². The molecule has 0 saturated carbocycles. The molecule has 0 saturated heterocycles. The maximum atomic E-state index is 12.7. The molecule has 0 spiro atoms. The van der Waals surface area contributed by atoms with Gasteiger partial charge >= 0.3 is 0 Å². The highest BCUT2D eigenvalue weighted by Gasteiger charge is 2.15. The van der Waals surface area contributed by atoms with E-state index in [4.69, 9.17) is 23.2 Å². The molecule has 0 aliphatic heterocycles. The molecule has 2 heterocycles. The van der Waals surface area contributed by atoms with Gasteiger partial charge in [-0.25, -0.2) is 9.67 Å². The van der Waals surface area contributed by atoms with Crippen LogP contribution in [0.4, 0.5) is 5.69 Å². The van der Waals surface area contributed by atoms with Crippen molar-refractivity contribution in [1.82, 2.24) is 19.7 Å². The Hall–Kier alpha value is -4.36. The second-order valence-corrected chi connectivity index (χ2v) is 10.1. The molecular weight excluding hydrogens is 555 g/mol. The molecule has 39 heavy (non-hydrogen) atoms. The van der Waals surface area contributed by atoms with Crippen LogP contribution >= 0.6 is 35.0 Å². The largest absolute Gasteiger partial charge is 0.322 e. The second-order valence-electron chi connectivity index (χ2n) is 8.28. The van der Waals surface area contributed by atoms with Crippen molar-refractivity contribution in [2.45, 2.75) is 10.9 Å². The van der Waals surface area contributed by atoms with E-state index in [1.807, 2.05) is 48.7 Å². The van der Waals surface area contributed by atoms with Crippen molar-refractivity contribution in [3.05, 3.63) is 122 Å². The summed E-state index contributed by atoms with van der Waals surface area (Å²) in [4.78, 5) is 32.6. The van der Waals surface area contributed by atoms with E-state index in [1.54, 1.807) is 41.2 Å². The summed E-state index contributed by atoms with van der Waals surface area (Å²) in [6.07, 6.45) is 3.51. The van der Waals surface area contributed by atoms with E-state index < -0.39 is 5.56 Å². The summed E-state index contributed by atoms with van der Waals surface area (Å²) in [5, 5.41) is 17.7. The van der Waals surface area contributed by atoms with Gasteiger partial charge in [-0.2, -0.15) is 10.4 Å². The third-order valence-electron chi connectivity index (χ3n) is 5.66. The summed E-state index contributed by atoms with van der Waals surface area (Å²) in [6, 6.07) is 23.1. The topological polar surface area (TPSA) is 116 Å². The molecule has 0 atom stereocenters. The molecule has 0 radical (unpaired) electrons. The summed E-state index contributed by atoms with van der Waals surface area (Å²) in [5.74, 6) is 0.142. The summed E-state index contributed by atoms with van der Waals surface area (Å²) in [6.45, 7) is 0. The number of nitriles is 1. The van der Waals surface area contributed by atoms with Gasteiger partial charge < -0.3 is 10.3 Å². The number of carbonyl (C=O) groups excluding carboxylic acids is 1. The Morgan fingerprint density at radius 1 is 1.05 bits per heavy atom. The average molecular weight is 573 g/mol. The van der Waals surface area contributed by atoms with Crippen molar-refractivity contribution in [2.75, 3.05) is 5.32 Å². The first-order valence-corrected chi connectivity index (χ1v) is 13.3. The van der Waals surface area contributed by atoms with Gasteiger partial charge in [-0.3, -0.25) is 9.59 Å². The lowest BCUT2D eigenvalue weighted by Crippen LogP contribution is -2.14. The van der Waals surface area contributed by atoms with Gasteiger partial charge in [-0.15, -0.1) is 0 Å². The van der Waals surface area contributed by atoms with Crippen LogP contribution in [0.25, 0.3) is 16.9 Å². The van der Waals surface area contributed by atoms with Gasteiger partial charge in [0.25, 0.3) is 11.5 Å². The number of nitrogens with one attached hydrogen (secondary N) is 2. The van der Waals surface area contributed by atoms with Crippen molar-refractivity contribution >= 4 is 46.6 Å². The lowest BCUT2D eigenvalue weighted by atomic mass is 10.1. The van der Waals surface area contributed by atoms with Crippen molar-refractivity contribution in [1.29, 1.82) is 5.26 Å². The number of amides is 1. The van der Waals surface area contributed by atoms with Crippen LogP contribution in [-0.2, 0) is 5.75 Å². The SMILES string of the molecule is N#Cc1c(-c2ccc(-n3cccn3)cc2)nc(SCc2cccc(NC(=O)c3ccc(Cl)c(Cl)c3)c2)[nH]c1=O. The number of hydrogen-bond acceptors (Lipinski definition) is 6. The van der Waals surface area contributed by atoms with Crippen molar-refractivity contribution in [3.8, 4) is 23.0 Å². The molecule has 8 nitrogen and oxygen atoms in total. The molecule has 0 unspecified atom stereocenters. The van der Waals surface area contributed by atoms with Gasteiger partial charge in [0.05, 0.1) is 21.4 Å². The predicted octanol–water partition coefficient (Wildman–Crippen LogP) is 6.35. The van der Waals surface area contributed by atoms with Crippen LogP contribution in [0.2, 0.25) is 10.0 Å². The Balaban J connectivity index is 1.33. The zero-order valence-electron chi connectivity index (χ0n) is 20.1. The van der Waals surface area contributed by atoms with Crippen LogP contribution in [-0.4, -0.2) is 25.7 Å². The van der Waals surface area contributed by atoms with Gasteiger partial charge in [0.1, 0.15) is 11.6 Å². The molecule has 3 aromatic carbocycles. The maximum absolute atomic E-state index is 12.7. The fraction of sp³-hybridized carbons (Fsp3) is 0.0357. The average Bonchev–Trinajstić information content (AvgIpc) is 3.49. The first kappa shape index (κ1) is 26.3. The molecule has 1 amide bonds. The van der Waals surface area contributed by atoms with Crippen molar-refractivity contribution in [3.63, 3.8) is 0 Å². The molecule has 5 rings (SSSR count). The first-order chi connectivity index (χ1) is 18.9. The Kier molecular flexibility index (Phi) is 7.79. The minimum atomic E-state index is -0.510. The maximum Gasteiger partial charge on any atom is 0.270 e. The van der Waals surface area contributed by atoms with E-state index in [-0.39, 0.29) is 11.5 Å². The molecule has 5 aromatic rings. The summed E-state index contributed by atoms with van der Waals surface area (Å²) in [7, 11) is 0. The number of benzene rings is 3. The first-order valence-electron chi connectivity index (χ1n) is 11.5. The van der Waals surface area contributed by atoms with Crippen LogP contribution in [0.15, 0.2) is 95.1 Å². The molecule has 0 aliphatic rings. The molecular formula is C28H18Cl2N6O2S. The normalized spacial score (nSPS) is 10.7. The Morgan fingerprint density at radius 2 is 1.87 bits per heavy atom. The summed E-state index contributed by atoms with van der Waals surface area (Å²) >= 11 is 13.3. The fourth-order valence-corrected chi connectivity index (χ4v) is 4.86. The Bertz CT molecular complexity index is 1760. The Labute approximate surface area is 237 Å². The molecule has 0 bridgehead atoms. The van der Waals surface area contributed by atoms with Crippen LogP contribution in [0.1, 0.15) is 21.5 Å². The van der Waals surface area contributed by atoms with E-state index in [0.29, 0.717) is 43.5 Å². The third-order valence-corrected chi connectivity index (χ3v) is 7.34. The molecule has 2 N–H and O–H groups in total. The van der Waals surface area contributed by atoms with E-state index in [0.717, 1.165) is 11.3 Å². The molecule has 192 valence electrons. The zero-order chi connectivity index (χ0) is 27.4. The van der Waals surface area contributed by atoms with Crippen LogP contribution in [0, 0.1) is 11.3 Å². The summed E-state index contributed by atoms with van der Waals surface area (Å²) in [5.41, 5.74) is 3.09. The number of hydrogen-bond donors (Lipinski definition) is 2. The number of thioether (sulfide) groups is 1. The number of anilines is 1. The monoisotopic (exact) mass is 572 g/mol. The zero-order valence-corrected chi connectivity index (χ0v) is 22.4. The number of aromatic nitrogens is 4. The second kappa shape index (κ2) is 11.6. The van der Waals surface area contributed by atoms with Crippen molar-refractivity contribution in [2.24, 2.45) is 0 Å². The van der Waals surface area contributed by atoms with E-state index in [2.05, 4.69) is 20.4 Å². The van der Waals surface area contributed by atoms with Crippen LogP contribution < -0.4 is 10.9 Å². The highest BCUT2D eigenvalue weighted by Crippen LogP contribution is 2.26. The minimum absolute atomic E-state index is 0.0572. The highest BCUT2D eigenvalue weighted by molar-refractivity contribution is 7.98. The van der Waals surface area contributed by atoms with Crippen molar-refractivity contribution < 1.29 is 4.79 Å². The summed E-state index contributed by atoms with van der Waals surface area (Å²) < 4.78 is 1.71. The molecule has 0 fully saturated rings. The molecule has 11 heteroatoms. The number of aromatic amines is 1. The van der Waals surface area contributed by atoms with Crippen LogP contribution in [0.3, 0.4) is 0 Å². The highest BCUT2D eigenvalue weighted by atomic mass is 35.5. The van der Waals surface area contributed by atoms with Gasteiger partial charge in [-0.05, 0) is 54.1 Å². The molecule has 0 aliphatic carbocycles. The number of nitrogens with zero attached hydrogens (tertiary/aromatic N) is 4. The predicted molar refractivity (Wildman–Crippen MR) is 153 cm³/mol. The lowest BCUT2D eigenvalue weighted by molar-refractivity contribution is 0.102. The Morgan fingerprint density at radius 3 is 2.59 bits per heavy atom. The van der Waals surface area contributed by atoms with E-state index in [1.165, 1.54) is 17.8 Å². The number of H-pyrrole nitrogens is 1. The third kappa shape index (κ3) is 6.04. The lowest BCUT2D eigenvalue weighted by Gasteiger charge is -2.09. The quantitative estimate of drug-likeness (QED) is 0.173. The van der Waals surface area contributed by atoms with Crippen LogP contribution in [0.5, 0.6) is 0 Å². The van der Waals surface area contributed by atoms with Gasteiger partial charge in [0, 0.05) is 35.0 Å². The fourth-order valence-electron chi connectivity index (χ4n) is 3.76. The molecule has 2 aromatic heterocycles. The van der Waals surface area contributed by atoms with Gasteiger partial charge in [0.2, 0.25) is 0 Å². The van der Waals surface area contributed by atoms with Gasteiger partial charge in [0.15, 0.2) is 5.16 Å². The number of rotatable bonds is 7. The number of halogens is 2. The van der Waals surface area contributed by atoms with E-state index in [9.17, 15) is 14.9 Å². The minimum Gasteiger partial charge on any atom is -0.322 e.